The summed E-state index contributed by atoms with van der Waals surface area (Å²) < 4.78 is 0. The van der Waals surface area contributed by atoms with E-state index in [1.807, 2.05) is 31.2 Å². The molecule has 2 N–H and O–H groups in total. The molecule has 1 fully saturated rings. The fraction of sp³-hybridized carbons (Fsp3) is 0.500. The van der Waals surface area contributed by atoms with E-state index in [0.29, 0.717) is 6.04 Å². The van der Waals surface area contributed by atoms with E-state index < -0.39 is 0 Å². The van der Waals surface area contributed by atoms with Gasteiger partial charge in [-0.1, -0.05) is 37.5 Å². The molecule has 1 aliphatic rings. The first-order valence-electron chi connectivity index (χ1n) is 6.39. The Morgan fingerprint density at radius 1 is 1.18 bits per heavy atom. The lowest BCUT2D eigenvalue weighted by molar-refractivity contribution is 0.244. The summed E-state index contributed by atoms with van der Waals surface area (Å²) in [5, 5.41) is 5.95. The van der Waals surface area contributed by atoms with Crippen LogP contribution in [0.5, 0.6) is 0 Å². The molecule has 3 nitrogen and oxygen atoms in total. The molecular weight excluding hydrogens is 212 g/mol. The van der Waals surface area contributed by atoms with E-state index >= 15 is 0 Å². The maximum atomic E-state index is 11.8. The van der Waals surface area contributed by atoms with Crippen LogP contribution in [0.2, 0.25) is 0 Å². The predicted molar refractivity (Wildman–Crippen MR) is 70.2 cm³/mol. The quantitative estimate of drug-likeness (QED) is 0.805. The second-order valence-electron chi connectivity index (χ2n) is 4.75. The number of amides is 2. The number of carbonyl (C=O) groups excluding carboxylic acids is 1. The molecule has 17 heavy (non-hydrogen) atoms. The zero-order valence-electron chi connectivity index (χ0n) is 10.3. The molecule has 0 unspecified atom stereocenters. The number of nitrogens with one attached hydrogen (secondary N) is 2. The van der Waals surface area contributed by atoms with Gasteiger partial charge >= 0.3 is 6.03 Å². The molecule has 0 radical (unpaired) electrons. The lowest BCUT2D eigenvalue weighted by Crippen LogP contribution is -2.39. The average molecular weight is 232 g/mol. The number of anilines is 1. The minimum Gasteiger partial charge on any atom is -0.335 e. The van der Waals surface area contributed by atoms with Crippen LogP contribution < -0.4 is 10.6 Å². The summed E-state index contributed by atoms with van der Waals surface area (Å²) in [5.74, 6) is 0. The van der Waals surface area contributed by atoms with Gasteiger partial charge in [0.25, 0.3) is 0 Å². The number of urea groups is 1. The molecule has 3 heteroatoms. The van der Waals surface area contributed by atoms with Crippen molar-refractivity contribution in [3.05, 3.63) is 29.8 Å². The summed E-state index contributed by atoms with van der Waals surface area (Å²) >= 11 is 0. The molecule has 2 rings (SSSR count). The van der Waals surface area contributed by atoms with Gasteiger partial charge in [0, 0.05) is 11.7 Å². The van der Waals surface area contributed by atoms with Crippen molar-refractivity contribution in [3.63, 3.8) is 0 Å². The van der Waals surface area contributed by atoms with E-state index in [1.165, 1.54) is 19.3 Å². The summed E-state index contributed by atoms with van der Waals surface area (Å²) in [5.41, 5.74) is 1.98. The van der Waals surface area contributed by atoms with Gasteiger partial charge in [0.05, 0.1) is 0 Å². The molecule has 0 saturated heterocycles. The summed E-state index contributed by atoms with van der Waals surface area (Å²) in [6.07, 6.45) is 5.99. The summed E-state index contributed by atoms with van der Waals surface area (Å²) in [7, 11) is 0. The Kier molecular flexibility index (Phi) is 4.02. The van der Waals surface area contributed by atoms with Gasteiger partial charge in [-0.3, -0.25) is 0 Å². The molecule has 0 bridgehead atoms. The van der Waals surface area contributed by atoms with Crippen molar-refractivity contribution in [1.29, 1.82) is 0 Å². The van der Waals surface area contributed by atoms with Gasteiger partial charge in [-0.2, -0.15) is 0 Å². The second-order valence-corrected chi connectivity index (χ2v) is 4.75. The van der Waals surface area contributed by atoms with Gasteiger partial charge in [-0.25, -0.2) is 4.79 Å². The maximum Gasteiger partial charge on any atom is 0.319 e. The number of aryl methyl sites for hydroxylation is 1. The van der Waals surface area contributed by atoms with Gasteiger partial charge in [-0.05, 0) is 31.4 Å². The minimum atomic E-state index is -0.0776. The number of para-hydroxylation sites is 1. The van der Waals surface area contributed by atoms with Crippen molar-refractivity contribution in [2.75, 3.05) is 5.32 Å². The van der Waals surface area contributed by atoms with Crippen molar-refractivity contribution in [3.8, 4) is 0 Å². The van der Waals surface area contributed by atoms with Crippen LogP contribution in [0.3, 0.4) is 0 Å². The fourth-order valence-corrected chi connectivity index (χ4v) is 2.30. The van der Waals surface area contributed by atoms with Crippen LogP contribution in [0.1, 0.15) is 37.7 Å². The first-order valence-corrected chi connectivity index (χ1v) is 6.39. The SMILES string of the molecule is Cc1ccccc1NC(=O)NC1CCCCC1. The van der Waals surface area contributed by atoms with Gasteiger partial charge in [0.15, 0.2) is 0 Å². The monoisotopic (exact) mass is 232 g/mol. The molecule has 0 atom stereocenters. The van der Waals surface area contributed by atoms with E-state index in [2.05, 4.69) is 10.6 Å². The number of rotatable bonds is 2. The largest absolute Gasteiger partial charge is 0.335 e. The molecule has 1 aromatic rings. The first-order chi connectivity index (χ1) is 8.25. The molecule has 1 saturated carbocycles. The predicted octanol–water partition coefficient (Wildman–Crippen LogP) is 3.45. The number of hydrogen-bond donors (Lipinski definition) is 2. The van der Waals surface area contributed by atoms with Gasteiger partial charge < -0.3 is 10.6 Å². The highest BCUT2D eigenvalue weighted by Gasteiger charge is 2.15. The van der Waals surface area contributed by atoms with Gasteiger partial charge in [0.2, 0.25) is 0 Å². The molecule has 0 aromatic heterocycles. The van der Waals surface area contributed by atoms with E-state index in [9.17, 15) is 4.79 Å². The van der Waals surface area contributed by atoms with Crippen molar-refractivity contribution < 1.29 is 4.79 Å². The zero-order valence-corrected chi connectivity index (χ0v) is 10.3. The summed E-state index contributed by atoms with van der Waals surface area (Å²) in [4.78, 5) is 11.8. The van der Waals surface area contributed by atoms with Gasteiger partial charge in [-0.15, -0.1) is 0 Å². The summed E-state index contributed by atoms with van der Waals surface area (Å²) in [6, 6.07) is 8.10. The Hall–Kier alpha value is -1.51. The van der Waals surface area contributed by atoms with Gasteiger partial charge in [0.1, 0.15) is 0 Å². The van der Waals surface area contributed by atoms with Crippen molar-refractivity contribution >= 4 is 11.7 Å². The van der Waals surface area contributed by atoms with Crippen LogP contribution in [0.15, 0.2) is 24.3 Å². The lowest BCUT2D eigenvalue weighted by atomic mass is 9.96. The van der Waals surface area contributed by atoms with Crippen LogP contribution in [0.4, 0.5) is 10.5 Å². The highest BCUT2D eigenvalue weighted by atomic mass is 16.2. The fourth-order valence-electron chi connectivity index (χ4n) is 2.30. The Bertz CT molecular complexity index is 384. The smallest absolute Gasteiger partial charge is 0.319 e. The standard InChI is InChI=1S/C14H20N2O/c1-11-7-5-6-10-13(11)16-14(17)15-12-8-3-2-4-9-12/h5-7,10,12H,2-4,8-9H2,1H3,(H2,15,16,17). The number of carbonyl (C=O) groups is 1. The molecule has 92 valence electrons. The minimum absolute atomic E-state index is 0.0776. The third kappa shape index (κ3) is 3.48. The van der Waals surface area contributed by atoms with Crippen LogP contribution in [0, 0.1) is 6.92 Å². The Morgan fingerprint density at radius 3 is 2.59 bits per heavy atom. The highest BCUT2D eigenvalue weighted by Crippen LogP contribution is 2.18. The van der Waals surface area contributed by atoms with Crippen LogP contribution >= 0.6 is 0 Å². The Balaban J connectivity index is 1.86. The molecule has 0 heterocycles. The second kappa shape index (κ2) is 5.71. The summed E-state index contributed by atoms with van der Waals surface area (Å²) in [6.45, 7) is 2.00. The molecule has 0 spiro atoms. The van der Waals surface area contributed by atoms with Crippen LogP contribution in [-0.4, -0.2) is 12.1 Å². The topological polar surface area (TPSA) is 41.1 Å². The van der Waals surface area contributed by atoms with Crippen LogP contribution in [0.25, 0.3) is 0 Å². The van der Waals surface area contributed by atoms with Crippen molar-refractivity contribution in [2.24, 2.45) is 0 Å². The Labute approximate surface area is 103 Å². The molecular formula is C14H20N2O. The van der Waals surface area contributed by atoms with Crippen LogP contribution in [-0.2, 0) is 0 Å². The highest BCUT2D eigenvalue weighted by molar-refractivity contribution is 5.90. The average Bonchev–Trinajstić information content (AvgIpc) is 2.33. The van der Waals surface area contributed by atoms with Crippen molar-refractivity contribution in [1.82, 2.24) is 5.32 Å². The maximum absolute atomic E-state index is 11.8. The van der Waals surface area contributed by atoms with Crippen molar-refractivity contribution in [2.45, 2.75) is 45.1 Å². The molecule has 0 aliphatic heterocycles. The number of benzene rings is 1. The van der Waals surface area contributed by atoms with E-state index in [0.717, 1.165) is 24.1 Å². The lowest BCUT2D eigenvalue weighted by Gasteiger charge is -2.23. The van der Waals surface area contributed by atoms with E-state index in [4.69, 9.17) is 0 Å². The third-order valence-electron chi connectivity index (χ3n) is 3.33. The van der Waals surface area contributed by atoms with E-state index in [-0.39, 0.29) is 6.03 Å². The first kappa shape index (κ1) is 12.0. The van der Waals surface area contributed by atoms with E-state index in [1.54, 1.807) is 0 Å². The zero-order chi connectivity index (χ0) is 12.1. The Morgan fingerprint density at radius 2 is 1.88 bits per heavy atom. The molecule has 2 amide bonds. The third-order valence-corrected chi connectivity index (χ3v) is 3.33. The number of hydrogen-bond acceptors (Lipinski definition) is 1. The normalized spacial score (nSPS) is 16.5. The molecule has 1 aromatic carbocycles. The molecule has 1 aliphatic carbocycles.